The second-order valence-electron chi connectivity index (χ2n) is 7.58. The zero-order chi connectivity index (χ0) is 20.1. The van der Waals surface area contributed by atoms with E-state index in [4.69, 9.17) is 13.9 Å². The van der Waals surface area contributed by atoms with E-state index in [0.29, 0.717) is 42.5 Å². The number of benzene rings is 2. The number of carbonyl (C=O) groups is 1. The summed E-state index contributed by atoms with van der Waals surface area (Å²) >= 11 is -0.762. The van der Waals surface area contributed by atoms with Crippen molar-refractivity contribution in [2.75, 3.05) is 24.8 Å². The van der Waals surface area contributed by atoms with Crippen molar-refractivity contribution in [3.05, 3.63) is 41.2 Å². The first kappa shape index (κ1) is 18.8. The van der Waals surface area contributed by atoms with Crippen LogP contribution < -0.4 is 4.74 Å². The molecule has 5 rings (SSSR count). The number of furan rings is 1. The van der Waals surface area contributed by atoms with Crippen molar-refractivity contribution in [3.8, 4) is 5.75 Å². The topological polar surface area (TPSA) is 75.0 Å². The molecule has 3 heterocycles. The number of hydrogen-bond acceptors (Lipinski definition) is 6. The summed E-state index contributed by atoms with van der Waals surface area (Å²) in [5.41, 5.74) is 2.12. The van der Waals surface area contributed by atoms with Gasteiger partial charge >= 0.3 is 5.97 Å². The monoisotopic (exact) mass is 413 g/mol. The Labute approximate surface area is 171 Å². The van der Waals surface area contributed by atoms with Gasteiger partial charge in [-0.3, -0.25) is 4.90 Å². The number of fused-ring (bicyclic) bond motifs is 6. The molecule has 152 valence electrons. The molecule has 0 amide bonds. The third kappa shape index (κ3) is 2.99. The Balaban J connectivity index is 1.73. The maximum atomic E-state index is 12.8. The number of ether oxygens (including phenoxy) is 2. The van der Waals surface area contributed by atoms with E-state index in [9.17, 15) is 9.35 Å². The van der Waals surface area contributed by atoms with Crippen molar-refractivity contribution in [2.24, 2.45) is 0 Å². The molecule has 2 unspecified atom stereocenters. The van der Waals surface area contributed by atoms with Gasteiger partial charge in [-0.25, -0.2) is 4.79 Å². The van der Waals surface area contributed by atoms with Crippen LogP contribution >= 0.6 is 0 Å². The van der Waals surface area contributed by atoms with Crippen LogP contribution in [-0.4, -0.2) is 46.3 Å². The van der Waals surface area contributed by atoms with E-state index < -0.39 is 11.2 Å². The van der Waals surface area contributed by atoms with Crippen molar-refractivity contribution in [1.82, 2.24) is 4.90 Å². The molecular formula is C22H23NO5S. The van der Waals surface area contributed by atoms with Gasteiger partial charge in [0, 0.05) is 34.7 Å². The van der Waals surface area contributed by atoms with Gasteiger partial charge < -0.3 is 18.4 Å². The van der Waals surface area contributed by atoms with Crippen LogP contribution in [0.1, 0.15) is 35.0 Å². The quantitative estimate of drug-likeness (QED) is 0.481. The Hall–Kier alpha value is -2.22. The summed E-state index contributed by atoms with van der Waals surface area (Å²) in [6, 6.07) is 8.18. The van der Waals surface area contributed by atoms with E-state index in [1.54, 1.807) is 13.8 Å². The van der Waals surface area contributed by atoms with Crippen LogP contribution in [0, 0.1) is 6.92 Å². The fourth-order valence-corrected chi connectivity index (χ4v) is 6.02. The first-order chi connectivity index (χ1) is 14.1. The van der Waals surface area contributed by atoms with E-state index in [-0.39, 0.29) is 12.0 Å². The summed E-state index contributed by atoms with van der Waals surface area (Å²) < 4.78 is 29.6. The highest BCUT2D eigenvalue weighted by Gasteiger charge is 2.36. The predicted molar refractivity (Wildman–Crippen MR) is 112 cm³/mol. The number of aryl methyl sites for hydroxylation is 1. The number of rotatable bonds is 3. The molecule has 2 aliphatic rings. The zero-order valence-electron chi connectivity index (χ0n) is 16.5. The molecule has 3 aromatic rings. The molecule has 7 heteroatoms. The molecule has 0 N–H and O–H groups in total. The summed E-state index contributed by atoms with van der Waals surface area (Å²) in [6.07, 6.45) is 0.900. The molecule has 0 aliphatic carbocycles. The van der Waals surface area contributed by atoms with E-state index in [0.717, 1.165) is 39.6 Å². The molecule has 1 aromatic heterocycles. The molecule has 1 fully saturated rings. The summed E-state index contributed by atoms with van der Waals surface area (Å²) in [6.45, 7) is 4.98. The largest absolute Gasteiger partial charge is 0.616 e. The third-order valence-corrected chi connectivity index (χ3v) is 7.31. The van der Waals surface area contributed by atoms with Crippen LogP contribution in [0.25, 0.3) is 21.7 Å². The van der Waals surface area contributed by atoms with Gasteiger partial charge in [0.2, 0.25) is 0 Å². The van der Waals surface area contributed by atoms with Crippen molar-refractivity contribution in [2.45, 2.75) is 32.9 Å². The molecule has 2 aliphatic heterocycles. The van der Waals surface area contributed by atoms with Crippen LogP contribution in [0.4, 0.5) is 0 Å². The first-order valence-electron chi connectivity index (χ1n) is 9.94. The van der Waals surface area contributed by atoms with Gasteiger partial charge in [-0.2, -0.15) is 0 Å². The Bertz CT molecular complexity index is 1110. The van der Waals surface area contributed by atoms with E-state index in [1.165, 1.54) is 0 Å². The average Bonchev–Trinajstić information content (AvgIpc) is 3.31. The number of nitrogens with zero attached hydrogens (tertiary/aromatic N) is 1. The molecule has 0 bridgehead atoms. The Morgan fingerprint density at radius 3 is 2.86 bits per heavy atom. The summed E-state index contributed by atoms with van der Waals surface area (Å²) in [5, 5.41) is 2.68. The Morgan fingerprint density at radius 2 is 2.14 bits per heavy atom. The summed E-state index contributed by atoms with van der Waals surface area (Å²) in [7, 11) is 0. The van der Waals surface area contributed by atoms with Gasteiger partial charge in [0.25, 0.3) is 0 Å². The minimum atomic E-state index is -0.762. The molecule has 6 nitrogen and oxygen atoms in total. The minimum Gasteiger partial charge on any atom is -0.616 e. The fourth-order valence-electron chi connectivity index (χ4n) is 4.51. The van der Waals surface area contributed by atoms with E-state index >= 15 is 0 Å². The Kier molecular flexibility index (Phi) is 4.69. The number of hydrogen-bond donors (Lipinski definition) is 0. The lowest BCUT2D eigenvalue weighted by atomic mass is 9.96. The first-order valence-corrected chi connectivity index (χ1v) is 11.4. The minimum absolute atomic E-state index is 0.226. The second-order valence-corrected chi connectivity index (χ2v) is 9.21. The highest BCUT2D eigenvalue weighted by Crippen LogP contribution is 2.44. The highest BCUT2D eigenvalue weighted by molar-refractivity contribution is 7.91. The van der Waals surface area contributed by atoms with Gasteiger partial charge in [0.05, 0.1) is 12.6 Å². The molecule has 0 spiro atoms. The SMILES string of the molecule is CCOC(=O)c1c(C)oc2c1c1c(c3ccccc32)OCN(C2CC[S+]([O-])C2)C1. The zero-order valence-corrected chi connectivity index (χ0v) is 17.3. The predicted octanol–water partition coefficient (Wildman–Crippen LogP) is 3.74. The van der Waals surface area contributed by atoms with Gasteiger partial charge in [0.1, 0.15) is 40.9 Å². The standard InChI is InChI=1S/C22H23NO5S/c1-3-26-22(24)18-13(2)28-21-16-7-5-4-6-15(16)20-17(19(18)21)10-23(12-27-20)14-8-9-29(25)11-14/h4-7,14H,3,8-12H2,1-2H3. The van der Waals surface area contributed by atoms with Crippen LogP contribution in [0.3, 0.4) is 0 Å². The lowest BCUT2D eigenvalue weighted by molar-refractivity contribution is 0.0525. The van der Waals surface area contributed by atoms with Gasteiger partial charge in [-0.05, 0) is 13.8 Å². The van der Waals surface area contributed by atoms with Crippen molar-refractivity contribution >= 4 is 38.9 Å². The third-order valence-electron chi connectivity index (χ3n) is 5.87. The number of esters is 1. The molecule has 2 atom stereocenters. The van der Waals surface area contributed by atoms with Crippen LogP contribution in [0.15, 0.2) is 28.7 Å². The maximum Gasteiger partial charge on any atom is 0.342 e. The van der Waals surface area contributed by atoms with Crippen LogP contribution in [0.5, 0.6) is 5.75 Å². The fraction of sp³-hybridized carbons (Fsp3) is 0.409. The average molecular weight is 413 g/mol. The normalized spacial score (nSPS) is 22.0. The maximum absolute atomic E-state index is 12.8. The van der Waals surface area contributed by atoms with Crippen molar-refractivity contribution in [3.63, 3.8) is 0 Å². The lowest BCUT2D eigenvalue weighted by Gasteiger charge is -2.33. The second kappa shape index (κ2) is 7.23. The lowest BCUT2D eigenvalue weighted by Crippen LogP contribution is -2.41. The van der Waals surface area contributed by atoms with Crippen LogP contribution in [-0.2, 0) is 22.5 Å². The van der Waals surface area contributed by atoms with E-state index in [2.05, 4.69) is 4.90 Å². The van der Waals surface area contributed by atoms with Crippen molar-refractivity contribution < 1.29 is 23.2 Å². The highest BCUT2D eigenvalue weighted by atomic mass is 32.2. The summed E-state index contributed by atoms with van der Waals surface area (Å²) in [4.78, 5) is 15.0. The molecule has 0 saturated carbocycles. The Morgan fingerprint density at radius 1 is 1.34 bits per heavy atom. The smallest absolute Gasteiger partial charge is 0.342 e. The van der Waals surface area contributed by atoms with Gasteiger partial charge in [0.15, 0.2) is 0 Å². The molecule has 29 heavy (non-hydrogen) atoms. The summed E-state index contributed by atoms with van der Waals surface area (Å²) in [5.74, 6) is 2.39. The molecule has 0 radical (unpaired) electrons. The van der Waals surface area contributed by atoms with Gasteiger partial charge in [-0.15, -0.1) is 0 Å². The number of carbonyl (C=O) groups excluding carboxylic acids is 1. The molecular weight excluding hydrogens is 390 g/mol. The molecule has 1 saturated heterocycles. The molecule has 2 aromatic carbocycles. The van der Waals surface area contributed by atoms with E-state index in [1.807, 2.05) is 24.3 Å². The van der Waals surface area contributed by atoms with Gasteiger partial charge in [-0.1, -0.05) is 35.4 Å². The van der Waals surface area contributed by atoms with Crippen LogP contribution in [0.2, 0.25) is 0 Å². The van der Waals surface area contributed by atoms with Crippen molar-refractivity contribution in [1.29, 1.82) is 0 Å².